The molecule has 1 unspecified atom stereocenters. The van der Waals surface area contributed by atoms with Crippen LogP contribution in [0.2, 0.25) is 0 Å². The number of hydrogen-bond donors (Lipinski definition) is 1. The maximum Gasteiger partial charge on any atom is 0.414 e. The predicted molar refractivity (Wildman–Crippen MR) is 88.3 cm³/mol. The third-order valence-electron chi connectivity index (χ3n) is 4.80. The Labute approximate surface area is 132 Å². The molecule has 1 aliphatic carbocycles. The highest BCUT2D eigenvalue weighted by atomic mass is 16.6. The van der Waals surface area contributed by atoms with Crippen molar-refractivity contribution < 1.29 is 9.53 Å². The van der Waals surface area contributed by atoms with Crippen LogP contribution in [-0.2, 0) is 16.6 Å². The second-order valence-electron chi connectivity index (χ2n) is 7.64. The molecular formula is C18H26N2O2. The van der Waals surface area contributed by atoms with Crippen molar-refractivity contribution in [1.82, 2.24) is 0 Å². The summed E-state index contributed by atoms with van der Waals surface area (Å²) >= 11 is 0. The lowest BCUT2D eigenvalue weighted by Crippen LogP contribution is -2.38. The molecule has 0 saturated heterocycles. The van der Waals surface area contributed by atoms with Gasteiger partial charge >= 0.3 is 6.09 Å². The van der Waals surface area contributed by atoms with Crippen LogP contribution in [0.25, 0.3) is 0 Å². The van der Waals surface area contributed by atoms with E-state index in [1.54, 1.807) is 4.90 Å². The smallest absolute Gasteiger partial charge is 0.414 e. The van der Waals surface area contributed by atoms with Crippen LogP contribution < -0.4 is 10.6 Å². The van der Waals surface area contributed by atoms with Crippen LogP contribution in [0.1, 0.15) is 51.7 Å². The van der Waals surface area contributed by atoms with Gasteiger partial charge in [-0.1, -0.05) is 18.2 Å². The Kier molecular flexibility index (Phi) is 3.48. The zero-order valence-corrected chi connectivity index (χ0v) is 14.0. The lowest BCUT2D eigenvalue weighted by atomic mass is 9.87. The summed E-state index contributed by atoms with van der Waals surface area (Å²) in [5.74, 6) is 0. The molecule has 1 aromatic carbocycles. The van der Waals surface area contributed by atoms with E-state index >= 15 is 0 Å². The molecular weight excluding hydrogens is 276 g/mol. The van der Waals surface area contributed by atoms with Gasteiger partial charge in [-0.2, -0.15) is 0 Å². The first-order chi connectivity index (χ1) is 10.2. The molecule has 1 amide bonds. The van der Waals surface area contributed by atoms with Crippen LogP contribution in [0.4, 0.5) is 10.5 Å². The van der Waals surface area contributed by atoms with E-state index < -0.39 is 5.60 Å². The molecule has 0 bridgehead atoms. The Morgan fingerprint density at radius 1 is 1.36 bits per heavy atom. The Morgan fingerprint density at radius 3 is 2.59 bits per heavy atom. The number of para-hydroxylation sites is 1. The summed E-state index contributed by atoms with van der Waals surface area (Å²) in [6.07, 6.45) is 2.84. The Hall–Kier alpha value is -1.55. The SMILES string of the molecule is CC(N)C1(c2cccc3c2N(C(=O)OC(C)(C)C)CC3)CC1. The lowest BCUT2D eigenvalue weighted by molar-refractivity contribution is 0.0583. The monoisotopic (exact) mass is 302 g/mol. The average Bonchev–Trinajstić information content (AvgIpc) is 3.09. The number of fused-ring (bicyclic) bond motifs is 1. The standard InChI is InChI=1S/C18H26N2O2/c1-12(19)18(9-10-18)14-7-5-6-13-8-11-20(15(13)14)16(21)22-17(2,3)4/h5-7,12H,8-11,19H2,1-4H3. The highest BCUT2D eigenvalue weighted by Gasteiger charge is 2.50. The van der Waals surface area contributed by atoms with Gasteiger partial charge in [-0.05, 0) is 58.1 Å². The fourth-order valence-corrected chi connectivity index (χ4v) is 3.46. The van der Waals surface area contributed by atoms with Crippen LogP contribution in [0.5, 0.6) is 0 Å². The predicted octanol–water partition coefficient (Wildman–Crippen LogP) is 3.36. The minimum absolute atomic E-state index is 0.0376. The summed E-state index contributed by atoms with van der Waals surface area (Å²) < 4.78 is 5.58. The molecule has 4 heteroatoms. The quantitative estimate of drug-likeness (QED) is 0.911. The summed E-state index contributed by atoms with van der Waals surface area (Å²) in [6, 6.07) is 6.44. The van der Waals surface area contributed by atoms with Gasteiger partial charge in [-0.15, -0.1) is 0 Å². The third-order valence-corrected chi connectivity index (χ3v) is 4.80. The molecule has 1 fully saturated rings. The van der Waals surface area contributed by atoms with E-state index in [-0.39, 0.29) is 17.6 Å². The van der Waals surface area contributed by atoms with Gasteiger partial charge in [0.2, 0.25) is 0 Å². The van der Waals surface area contributed by atoms with Crippen molar-refractivity contribution in [3.8, 4) is 0 Å². The molecule has 1 saturated carbocycles. The van der Waals surface area contributed by atoms with Crippen molar-refractivity contribution >= 4 is 11.8 Å². The van der Waals surface area contributed by atoms with E-state index in [1.807, 2.05) is 20.8 Å². The van der Waals surface area contributed by atoms with Crippen molar-refractivity contribution in [3.05, 3.63) is 29.3 Å². The van der Waals surface area contributed by atoms with Gasteiger partial charge < -0.3 is 10.5 Å². The van der Waals surface area contributed by atoms with Crippen molar-refractivity contribution in [2.75, 3.05) is 11.4 Å². The van der Waals surface area contributed by atoms with Gasteiger partial charge in [-0.3, -0.25) is 4.90 Å². The van der Waals surface area contributed by atoms with Gasteiger partial charge in [0, 0.05) is 18.0 Å². The van der Waals surface area contributed by atoms with Crippen LogP contribution in [0, 0.1) is 0 Å². The Balaban J connectivity index is 1.98. The van der Waals surface area contributed by atoms with Crippen molar-refractivity contribution in [2.24, 2.45) is 5.73 Å². The molecule has 3 rings (SSSR count). The second kappa shape index (κ2) is 4.98. The minimum atomic E-state index is -0.479. The van der Waals surface area contributed by atoms with Crippen LogP contribution in [0.15, 0.2) is 18.2 Å². The maximum atomic E-state index is 12.6. The topological polar surface area (TPSA) is 55.6 Å². The summed E-state index contributed by atoms with van der Waals surface area (Å²) in [7, 11) is 0. The molecule has 4 nitrogen and oxygen atoms in total. The number of ether oxygens (including phenoxy) is 1. The average molecular weight is 302 g/mol. The molecule has 1 atom stereocenters. The van der Waals surface area contributed by atoms with Crippen LogP contribution in [-0.4, -0.2) is 24.3 Å². The fourth-order valence-electron chi connectivity index (χ4n) is 3.46. The van der Waals surface area contributed by atoms with E-state index in [4.69, 9.17) is 10.5 Å². The molecule has 2 aliphatic rings. The molecule has 2 N–H and O–H groups in total. The number of hydrogen-bond acceptors (Lipinski definition) is 3. The number of amides is 1. The second-order valence-corrected chi connectivity index (χ2v) is 7.64. The fraction of sp³-hybridized carbons (Fsp3) is 0.611. The molecule has 1 aliphatic heterocycles. The molecule has 22 heavy (non-hydrogen) atoms. The number of nitrogens with zero attached hydrogens (tertiary/aromatic N) is 1. The maximum absolute atomic E-state index is 12.6. The summed E-state index contributed by atoms with van der Waals surface area (Å²) in [6.45, 7) is 8.46. The number of rotatable bonds is 2. The zero-order chi connectivity index (χ0) is 16.1. The van der Waals surface area contributed by atoms with E-state index in [2.05, 4.69) is 25.1 Å². The molecule has 0 spiro atoms. The number of nitrogens with two attached hydrogens (primary N) is 1. The van der Waals surface area contributed by atoms with Gasteiger partial charge in [0.05, 0.1) is 5.69 Å². The summed E-state index contributed by atoms with van der Waals surface area (Å²) in [5, 5.41) is 0. The Morgan fingerprint density at radius 2 is 2.05 bits per heavy atom. The van der Waals surface area contributed by atoms with Crippen molar-refractivity contribution in [3.63, 3.8) is 0 Å². The normalized spacial score (nSPS) is 20.5. The van der Waals surface area contributed by atoms with E-state index in [0.29, 0.717) is 6.54 Å². The molecule has 120 valence electrons. The largest absolute Gasteiger partial charge is 0.443 e. The summed E-state index contributed by atoms with van der Waals surface area (Å²) in [4.78, 5) is 14.4. The van der Waals surface area contributed by atoms with Gasteiger partial charge in [0.1, 0.15) is 5.60 Å². The highest BCUT2D eigenvalue weighted by Crippen LogP contribution is 2.54. The zero-order valence-electron chi connectivity index (χ0n) is 14.0. The Bertz CT molecular complexity index is 598. The van der Waals surface area contributed by atoms with Crippen LogP contribution >= 0.6 is 0 Å². The summed E-state index contributed by atoms with van der Waals surface area (Å²) in [5.41, 5.74) is 9.31. The molecule has 1 aromatic rings. The molecule has 0 radical (unpaired) electrons. The lowest BCUT2D eigenvalue weighted by Gasteiger charge is -2.29. The van der Waals surface area contributed by atoms with E-state index in [0.717, 1.165) is 24.9 Å². The highest BCUT2D eigenvalue weighted by molar-refractivity contribution is 5.92. The number of anilines is 1. The van der Waals surface area contributed by atoms with Crippen molar-refractivity contribution in [2.45, 2.75) is 64.0 Å². The first-order valence-electron chi connectivity index (χ1n) is 8.13. The van der Waals surface area contributed by atoms with Gasteiger partial charge in [0.25, 0.3) is 0 Å². The number of carbonyl (C=O) groups excluding carboxylic acids is 1. The molecule has 1 heterocycles. The van der Waals surface area contributed by atoms with Crippen molar-refractivity contribution in [1.29, 1.82) is 0 Å². The van der Waals surface area contributed by atoms with Gasteiger partial charge in [0.15, 0.2) is 0 Å². The first-order valence-corrected chi connectivity index (χ1v) is 8.13. The minimum Gasteiger partial charge on any atom is -0.443 e. The number of benzene rings is 1. The van der Waals surface area contributed by atoms with Gasteiger partial charge in [-0.25, -0.2) is 4.79 Å². The number of carbonyl (C=O) groups is 1. The van der Waals surface area contributed by atoms with E-state index in [1.165, 1.54) is 11.1 Å². The first kappa shape index (κ1) is 15.3. The molecule has 0 aromatic heterocycles. The van der Waals surface area contributed by atoms with E-state index in [9.17, 15) is 4.79 Å². The third kappa shape index (κ3) is 2.50. The van der Waals surface area contributed by atoms with Crippen LogP contribution in [0.3, 0.4) is 0 Å².